The Morgan fingerprint density at radius 2 is 2.00 bits per heavy atom. The summed E-state index contributed by atoms with van der Waals surface area (Å²) in [6.07, 6.45) is -4.48. The lowest BCUT2D eigenvalue weighted by atomic mass is 10.1. The first-order valence-electron chi connectivity index (χ1n) is 5.76. The van der Waals surface area contributed by atoms with Crippen molar-refractivity contribution in [3.8, 4) is 0 Å². The molecule has 8 heteroatoms. The summed E-state index contributed by atoms with van der Waals surface area (Å²) in [6, 6.07) is 3.50. The van der Waals surface area contributed by atoms with Gasteiger partial charge in [-0.2, -0.15) is 13.2 Å². The molecule has 0 aliphatic carbocycles. The molecule has 1 aromatic carbocycles. The second kappa shape index (κ2) is 5.89. The molecule has 0 heterocycles. The zero-order chi connectivity index (χ0) is 15.5. The molecule has 0 aliphatic rings. The summed E-state index contributed by atoms with van der Waals surface area (Å²) >= 11 is 0. The number of benzene rings is 1. The monoisotopic (exact) mass is 290 g/mol. The van der Waals surface area contributed by atoms with Crippen molar-refractivity contribution in [1.29, 1.82) is 0 Å². The molecule has 110 valence electrons. The van der Waals surface area contributed by atoms with Crippen molar-refractivity contribution in [1.82, 2.24) is 4.90 Å². The molecule has 0 bridgehead atoms. The van der Waals surface area contributed by atoms with Crippen molar-refractivity contribution in [3.05, 3.63) is 39.4 Å². The van der Waals surface area contributed by atoms with Gasteiger partial charge in [0.05, 0.1) is 4.92 Å². The van der Waals surface area contributed by atoms with E-state index in [2.05, 4.69) is 0 Å². The Labute approximate surface area is 113 Å². The predicted octanol–water partition coefficient (Wildman–Crippen LogP) is 2.93. The van der Waals surface area contributed by atoms with Crippen molar-refractivity contribution in [2.24, 2.45) is 0 Å². The van der Waals surface area contributed by atoms with Crippen LogP contribution in [0.15, 0.2) is 18.2 Å². The van der Waals surface area contributed by atoms with Gasteiger partial charge in [-0.3, -0.25) is 14.9 Å². The summed E-state index contributed by atoms with van der Waals surface area (Å²) in [6.45, 7) is 1.41. The second-order valence-corrected chi connectivity index (χ2v) is 4.19. The maximum atomic E-state index is 12.3. The summed E-state index contributed by atoms with van der Waals surface area (Å²) in [5, 5.41) is 10.6. The number of nitrogens with zero attached hydrogens (tertiary/aromatic N) is 2. The van der Waals surface area contributed by atoms with Crippen LogP contribution in [-0.4, -0.2) is 35.0 Å². The molecule has 1 amide bonds. The quantitative estimate of drug-likeness (QED) is 0.632. The van der Waals surface area contributed by atoms with Crippen LogP contribution in [-0.2, 0) is 0 Å². The van der Waals surface area contributed by atoms with Gasteiger partial charge in [-0.1, -0.05) is 0 Å². The molecule has 0 radical (unpaired) electrons. The Bertz CT molecular complexity index is 529. The predicted molar refractivity (Wildman–Crippen MR) is 65.5 cm³/mol. The Morgan fingerprint density at radius 3 is 2.40 bits per heavy atom. The molecule has 1 aromatic rings. The lowest BCUT2D eigenvalue weighted by Gasteiger charge is -2.22. The number of aryl methyl sites for hydroxylation is 1. The summed E-state index contributed by atoms with van der Waals surface area (Å²) in [5.41, 5.74) is 0.0449. The fraction of sp³-hybridized carbons (Fsp3) is 0.417. The molecule has 0 atom stereocenters. The molecule has 0 unspecified atom stereocenters. The van der Waals surface area contributed by atoms with E-state index in [4.69, 9.17) is 0 Å². The van der Waals surface area contributed by atoms with Crippen LogP contribution < -0.4 is 0 Å². The standard InChI is InChI=1S/C12H13F3N2O3/c1-3-16(7-12(13,14)15)11(18)9-4-5-10(17(19)20)8(2)6-9/h4-6H,3,7H2,1-2H3. The van der Waals surface area contributed by atoms with Crippen molar-refractivity contribution in [2.75, 3.05) is 13.1 Å². The molecule has 0 saturated heterocycles. The molecule has 1 rings (SSSR count). The largest absolute Gasteiger partial charge is 0.406 e. The van der Waals surface area contributed by atoms with E-state index < -0.39 is 23.6 Å². The highest BCUT2D eigenvalue weighted by atomic mass is 19.4. The summed E-state index contributed by atoms with van der Waals surface area (Å²) < 4.78 is 37.0. The summed E-state index contributed by atoms with van der Waals surface area (Å²) in [5.74, 6) is -0.803. The van der Waals surface area contributed by atoms with Gasteiger partial charge in [0.25, 0.3) is 11.6 Å². The fourth-order valence-corrected chi connectivity index (χ4v) is 1.72. The lowest BCUT2D eigenvalue weighted by molar-refractivity contribution is -0.385. The normalized spacial score (nSPS) is 11.2. The van der Waals surface area contributed by atoms with Gasteiger partial charge in [0.2, 0.25) is 0 Å². The van der Waals surface area contributed by atoms with E-state index in [1.165, 1.54) is 19.9 Å². The maximum absolute atomic E-state index is 12.3. The zero-order valence-corrected chi connectivity index (χ0v) is 10.9. The molecular weight excluding hydrogens is 277 g/mol. The van der Waals surface area contributed by atoms with E-state index in [9.17, 15) is 28.1 Å². The van der Waals surface area contributed by atoms with E-state index in [1.807, 2.05) is 0 Å². The van der Waals surface area contributed by atoms with Crippen molar-refractivity contribution in [3.63, 3.8) is 0 Å². The summed E-state index contributed by atoms with van der Waals surface area (Å²) in [4.78, 5) is 22.6. The SMILES string of the molecule is CCN(CC(F)(F)F)C(=O)c1ccc([N+](=O)[O-])c(C)c1. The molecule has 0 N–H and O–H groups in total. The van der Waals surface area contributed by atoms with Gasteiger partial charge in [0.15, 0.2) is 0 Å². The number of nitro groups is 1. The smallest absolute Gasteiger partial charge is 0.330 e. The van der Waals surface area contributed by atoms with E-state index in [-0.39, 0.29) is 23.4 Å². The molecule has 20 heavy (non-hydrogen) atoms. The maximum Gasteiger partial charge on any atom is 0.406 e. The van der Waals surface area contributed by atoms with E-state index in [1.54, 1.807) is 0 Å². The van der Waals surface area contributed by atoms with Gasteiger partial charge >= 0.3 is 6.18 Å². The minimum absolute atomic E-state index is 0.000741. The molecule has 0 saturated carbocycles. The highest BCUT2D eigenvalue weighted by molar-refractivity contribution is 5.94. The third-order valence-electron chi connectivity index (χ3n) is 2.68. The minimum Gasteiger partial charge on any atom is -0.330 e. The van der Waals surface area contributed by atoms with E-state index in [0.29, 0.717) is 4.90 Å². The van der Waals surface area contributed by atoms with E-state index >= 15 is 0 Å². The van der Waals surface area contributed by atoms with Gasteiger partial charge in [-0.25, -0.2) is 0 Å². The van der Waals surface area contributed by atoms with Crippen LogP contribution in [0.4, 0.5) is 18.9 Å². The number of alkyl halides is 3. The van der Waals surface area contributed by atoms with Crippen LogP contribution in [0.3, 0.4) is 0 Å². The van der Waals surface area contributed by atoms with Gasteiger partial charge in [0.1, 0.15) is 6.54 Å². The Balaban J connectivity index is 3.02. The first-order chi connectivity index (χ1) is 9.15. The average Bonchev–Trinajstić information content (AvgIpc) is 2.33. The Hall–Kier alpha value is -2.12. The van der Waals surface area contributed by atoms with Crippen molar-refractivity contribution in [2.45, 2.75) is 20.0 Å². The third kappa shape index (κ3) is 3.94. The topological polar surface area (TPSA) is 63.5 Å². The number of hydrogen-bond acceptors (Lipinski definition) is 3. The average molecular weight is 290 g/mol. The Kier molecular flexibility index (Phi) is 4.69. The first kappa shape index (κ1) is 15.9. The van der Waals surface area contributed by atoms with Crippen molar-refractivity contribution >= 4 is 11.6 Å². The molecular formula is C12H13F3N2O3. The molecule has 0 aliphatic heterocycles. The molecule has 0 fully saturated rings. The first-order valence-corrected chi connectivity index (χ1v) is 5.76. The number of hydrogen-bond donors (Lipinski definition) is 0. The second-order valence-electron chi connectivity index (χ2n) is 4.19. The fourth-order valence-electron chi connectivity index (χ4n) is 1.72. The van der Waals surface area contributed by atoms with Crippen molar-refractivity contribution < 1.29 is 22.9 Å². The van der Waals surface area contributed by atoms with Gasteiger partial charge < -0.3 is 4.90 Å². The van der Waals surface area contributed by atoms with Gasteiger partial charge in [-0.05, 0) is 26.0 Å². The van der Waals surface area contributed by atoms with E-state index in [0.717, 1.165) is 12.1 Å². The van der Waals surface area contributed by atoms with Crippen LogP contribution >= 0.6 is 0 Å². The number of nitro benzene ring substituents is 1. The number of carbonyl (C=O) groups excluding carboxylic acids is 1. The highest BCUT2D eigenvalue weighted by Crippen LogP contribution is 2.21. The number of rotatable bonds is 4. The molecule has 5 nitrogen and oxygen atoms in total. The van der Waals surface area contributed by atoms with Crippen LogP contribution in [0.2, 0.25) is 0 Å². The molecule has 0 spiro atoms. The van der Waals surface area contributed by atoms with Gasteiger partial charge in [-0.15, -0.1) is 0 Å². The number of amides is 1. The Morgan fingerprint density at radius 1 is 1.40 bits per heavy atom. The minimum atomic E-state index is -4.48. The number of halogens is 3. The summed E-state index contributed by atoms with van der Waals surface area (Å²) in [7, 11) is 0. The number of carbonyl (C=O) groups is 1. The zero-order valence-electron chi connectivity index (χ0n) is 10.9. The third-order valence-corrected chi connectivity index (χ3v) is 2.68. The van der Waals surface area contributed by atoms with Crippen LogP contribution in [0.25, 0.3) is 0 Å². The van der Waals surface area contributed by atoms with Gasteiger partial charge in [0, 0.05) is 23.7 Å². The van der Waals surface area contributed by atoms with Crippen LogP contribution in [0.1, 0.15) is 22.8 Å². The lowest BCUT2D eigenvalue weighted by Crippen LogP contribution is -2.38. The highest BCUT2D eigenvalue weighted by Gasteiger charge is 2.32. The van der Waals surface area contributed by atoms with Crippen LogP contribution in [0, 0.1) is 17.0 Å². The molecule has 0 aromatic heterocycles. The van der Waals surface area contributed by atoms with Crippen LogP contribution in [0.5, 0.6) is 0 Å².